The van der Waals surface area contributed by atoms with Crippen LogP contribution in [-0.2, 0) is 6.42 Å². The molecule has 1 atom stereocenters. The molecule has 3 rings (SSSR count). The molecule has 1 aromatic heterocycles. The van der Waals surface area contributed by atoms with E-state index in [1.165, 1.54) is 5.56 Å². The molecule has 142 valence electrons. The molecule has 2 aromatic carbocycles. The largest absolute Gasteiger partial charge is 0.348 e. The van der Waals surface area contributed by atoms with Gasteiger partial charge in [0.05, 0.1) is 5.56 Å². The maximum absolute atomic E-state index is 13.0. The fourth-order valence-electron chi connectivity index (χ4n) is 3.42. The van der Waals surface area contributed by atoms with E-state index in [1.807, 2.05) is 55.7 Å². The van der Waals surface area contributed by atoms with Crippen molar-refractivity contribution >= 4 is 5.91 Å². The Morgan fingerprint density at radius 2 is 1.89 bits per heavy atom. The summed E-state index contributed by atoms with van der Waals surface area (Å²) in [6, 6.07) is 20.1. The van der Waals surface area contributed by atoms with Gasteiger partial charge in [-0.1, -0.05) is 48.0 Å². The number of nitrogens with zero attached hydrogens (tertiary/aromatic N) is 2. The van der Waals surface area contributed by atoms with Crippen molar-refractivity contribution in [1.29, 1.82) is 5.26 Å². The molecule has 1 unspecified atom stereocenters. The number of carbonyl (C=O) groups is 1. The van der Waals surface area contributed by atoms with Gasteiger partial charge in [0, 0.05) is 17.9 Å². The van der Waals surface area contributed by atoms with Crippen LogP contribution in [0.2, 0.25) is 0 Å². The Bertz CT molecular complexity index is 1010. The summed E-state index contributed by atoms with van der Waals surface area (Å²) in [4.78, 5) is 13.0. The Morgan fingerprint density at radius 3 is 2.57 bits per heavy atom. The molecular formula is C24H25N3O. The molecule has 0 aliphatic heterocycles. The van der Waals surface area contributed by atoms with Gasteiger partial charge in [0.25, 0.3) is 5.91 Å². The van der Waals surface area contributed by atoms with Gasteiger partial charge < -0.3 is 9.88 Å². The highest BCUT2D eigenvalue weighted by atomic mass is 16.2. The molecule has 0 aliphatic carbocycles. The van der Waals surface area contributed by atoms with Gasteiger partial charge in [-0.05, 0) is 56.9 Å². The lowest BCUT2D eigenvalue weighted by molar-refractivity contribution is 0.0931. The van der Waals surface area contributed by atoms with Gasteiger partial charge in [-0.3, -0.25) is 4.79 Å². The first-order valence-corrected chi connectivity index (χ1v) is 9.53. The second-order valence-corrected chi connectivity index (χ2v) is 7.25. The zero-order chi connectivity index (χ0) is 20.1. The van der Waals surface area contributed by atoms with Crippen LogP contribution in [0.4, 0.5) is 0 Å². The molecule has 1 N–H and O–H groups in total. The van der Waals surface area contributed by atoms with E-state index >= 15 is 0 Å². The lowest BCUT2D eigenvalue weighted by Gasteiger charge is -2.17. The summed E-state index contributed by atoms with van der Waals surface area (Å²) in [7, 11) is 0. The topological polar surface area (TPSA) is 57.8 Å². The van der Waals surface area contributed by atoms with E-state index in [0.29, 0.717) is 11.3 Å². The highest BCUT2D eigenvalue weighted by molar-refractivity contribution is 5.96. The Hall–Kier alpha value is -3.32. The van der Waals surface area contributed by atoms with E-state index in [1.54, 1.807) is 12.3 Å². The number of benzene rings is 2. The Labute approximate surface area is 166 Å². The summed E-state index contributed by atoms with van der Waals surface area (Å²) in [6.07, 6.45) is 3.52. The minimum Gasteiger partial charge on any atom is -0.348 e. The summed E-state index contributed by atoms with van der Waals surface area (Å²) in [5.41, 5.74) is 5.16. The average Bonchev–Trinajstić information content (AvgIpc) is 3.11. The molecule has 4 nitrogen and oxygen atoms in total. The normalized spacial score (nSPS) is 11.6. The fraction of sp³-hybridized carbons (Fsp3) is 0.250. The van der Waals surface area contributed by atoms with Crippen LogP contribution in [0.3, 0.4) is 0 Å². The van der Waals surface area contributed by atoms with Gasteiger partial charge in [0.2, 0.25) is 0 Å². The first-order valence-electron chi connectivity index (χ1n) is 9.53. The number of hydrogen-bond acceptors (Lipinski definition) is 2. The molecule has 0 bridgehead atoms. The van der Waals surface area contributed by atoms with Gasteiger partial charge in [0.1, 0.15) is 11.8 Å². The molecular weight excluding hydrogens is 346 g/mol. The third-order valence-corrected chi connectivity index (χ3v) is 4.92. The highest BCUT2D eigenvalue weighted by Crippen LogP contribution is 2.21. The molecule has 0 radical (unpaired) electrons. The van der Waals surface area contributed by atoms with Crippen LogP contribution in [0.5, 0.6) is 0 Å². The maximum Gasteiger partial charge on any atom is 0.269 e. The zero-order valence-electron chi connectivity index (χ0n) is 16.6. The number of aromatic nitrogens is 1. The number of hydrogen-bond donors (Lipinski definition) is 1. The van der Waals surface area contributed by atoms with Gasteiger partial charge in [-0.2, -0.15) is 5.26 Å². The van der Waals surface area contributed by atoms with Crippen molar-refractivity contribution in [3.8, 4) is 11.8 Å². The third kappa shape index (κ3) is 4.32. The monoisotopic (exact) mass is 371 g/mol. The lowest BCUT2D eigenvalue weighted by atomic mass is 10.1. The van der Waals surface area contributed by atoms with E-state index < -0.39 is 0 Å². The number of rotatable bonds is 6. The molecule has 28 heavy (non-hydrogen) atoms. The molecule has 0 spiro atoms. The molecule has 1 heterocycles. The standard InChI is InChI=1S/C24H25N3O/c1-17-9-12-22(18(2)15-17)27-14-13-21(16-25)23(27)24(28)26-19(3)10-11-20-7-5-4-6-8-20/h4-9,12-15,19H,10-11H2,1-3H3,(H,26,28). The van der Waals surface area contributed by atoms with Crippen LogP contribution in [0.25, 0.3) is 5.69 Å². The van der Waals surface area contributed by atoms with E-state index in [9.17, 15) is 10.1 Å². The van der Waals surface area contributed by atoms with E-state index in [2.05, 4.69) is 29.6 Å². The second kappa shape index (κ2) is 8.58. The zero-order valence-corrected chi connectivity index (χ0v) is 16.6. The quantitative estimate of drug-likeness (QED) is 0.682. The predicted octanol–water partition coefficient (Wildman–Crippen LogP) is 4.72. The minimum absolute atomic E-state index is 0.00159. The van der Waals surface area contributed by atoms with Crippen molar-refractivity contribution in [1.82, 2.24) is 9.88 Å². The van der Waals surface area contributed by atoms with Crippen molar-refractivity contribution in [2.75, 3.05) is 0 Å². The van der Waals surface area contributed by atoms with Crippen molar-refractivity contribution in [3.05, 3.63) is 88.7 Å². The van der Waals surface area contributed by atoms with E-state index in [0.717, 1.165) is 29.7 Å². The van der Waals surface area contributed by atoms with Gasteiger partial charge in [-0.15, -0.1) is 0 Å². The number of amides is 1. The van der Waals surface area contributed by atoms with Crippen molar-refractivity contribution < 1.29 is 4.79 Å². The smallest absolute Gasteiger partial charge is 0.269 e. The molecule has 4 heteroatoms. The first-order chi connectivity index (χ1) is 13.5. The average molecular weight is 371 g/mol. The Balaban J connectivity index is 1.79. The molecule has 1 amide bonds. The van der Waals surface area contributed by atoms with Gasteiger partial charge >= 0.3 is 0 Å². The van der Waals surface area contributed by atoms with Crippen LogP contribution >= 0.6 is 0 Å². The Morgan fingerprint density at radius 1 is 1.14 bits per heavy atom. The summed E-state index contributed by atoms with van der Waals surface area (Å²) in [5, 5.41) is 12.5. The minimum atomic E-state index is -0.220. The molecule has 0 saturated carbocycles. The Kier molecular flexibility index (Phi) is 5.96. The second-order valence-electron chi connectivity index (χ2n) is 7.25. The van der Waals surface area contributed by atoms with Crippen LogP contribution in [0, 0.1) is 25.2 Å². The summed E-state index contributed by atoms with van der Waals surface area (Å²) in [6.45, 7) is 6.05. The van der Waals surface area contributed by atoms with Crippen molar-refractivity contribution in [2.45, 2.75) is 39.7 Å². The number of nitriles is 1. The molecule has 0 saturated heterocycles. The number of nitrogens with one attached hydrogen (secondary N) is 1. The van der Waals surface area contributed by atoms with Crippen LogP contribution in [0.15, 0.2) is 60.8 Å². The van der Waals surface area contributed by atoms with Crippen LogP contribution < -0.4 is 5.32 Å². The molecule has 0 fully saturated rings. The van der Waals surface area contributed by atoms with E-state index in [4.69, 9.17) is 0 Å². The summed E-state index contributed by atoms with van der Waals surface area (Å²) in [5.74, 6) is -0.220. The van der Waals surface area contributed by atoms with Gasteiger partial charge in [-0.25, -0.2) is 0 Å². The summed E-state index contributed by atoms with van der Waals surface area (Å²) < 4.78 is 1.81. The van der Waals surface area contributed by atoms with Crippen LogP contribution in [0.1, 0.15) is 46.1 Å². The lowest BCUT2D eigenvalue weighted by Crippen LogP contribution is -2.34. The molecule has 0 aliphatic rings. The van der Waals surface area contributed by atoms with Crippen LogP contribution in [-0.4, -0.2) is 16.5 Å². The van der Waals surface area contributed by atoms with Crippen molar-refractivity contribution in [3.63, 3.8) is 0 Å². The maximum atomic E-state index is 13.0. The number of aryl methyl sites for hydroxylation is 3. The molecule has 3 aromatic rings. The highest BCUT2D eigenvalue weighted by Gasteiger charge is 2.20. The van der Waals surface area contributed by atoms with Gasteiger partial charge in [0.15, 0.2) is 0 Å². The van der Waals surface area contributed by atoms with Crippen molar-refractivity contribution in [2.24, 2.45) is 0 Å². The third-order valence-electron chi connectivity index (χ3n) is 4.92. The summed E-state index contributed by atoms with van der Waals surface area (Å²) >= 11 is 0. The predicted molar refractivity (Wildman–Crippen MR) is 112 cm³/mol. The SMILES string of the molecule is Cc1ccc(-n2ccc(C#N)c2C(=O)NC(C)CCc2ccccc2)c(C)c1. The van der Waals surface area contributed by atoms with E-state index in [-0.39, 0.29) is 11.9 Å². The first kappa shape index (κ1) is 19.4. The number of carbonyl (C=O) groups excluding carboxylic acids is 1. The fourth-order valence-corrected chi connectivity index (χ4v) is 3.42.